The van der Waals surface area contributed by atoms with Gasteiger partial charge in [0.15, 0.2) is 5.82 Å². The lowest BCUT2D eigenvalue weighted by Crippen LogP contribution is -2.08. The van der Waals surface area contributed by atoms with Crippen molar-refractivity contribution in [2.45, 2.75) is 11.3 Å². The molecule has 1 rings (SSSR count). The maximum absolute atomic E-state index is 12.9. The Kier molecular flexibility index (Phi) is 3.10. The van der Waals surface area contributed by atoms with Gasteiger partial charge in [0.1, 0.15) is 10.7 Å². The van der Waals surface area contributed by atoms with Crippen molar-refractivity contribution in [1.29, 1.82) is 0 Å². The number of hydrogen-bond acceptors (Lipinski definition) is 4. The molecule has 15 heavy (non-hydrogen) atoms. The highest BCUT2D eigenvalue weighted by atomic mass is 35.7. The molecule has 0 atom stereocenters. The summed E-state index contributed by atoms with van der Waals surface area (Å²) in [6.45, 7) is 0. The zero-order valence-corrected chi connectivity index (χ0v) is 8.49. The standard InChI is InChI=1S/C6H4ClF3N2O2S/c7-15(13,14)4-3(5(9)10)2(8)1-12-6(4)11/h1,5H,(H2,11,12). The summed E-state index contributed by atoms with van der Waals surface area (Å²) in [7, 11) is 0.270. The first kappa shape index (κ1) is 12.1. The van der Waals surface area contributed by atoms with Gasteiger partial charge in [-0.15, -0.1) is 0 Å². The number of alkyl halides is 2. The first-order chi connectivity index (χ1) is 6.75. The topological polar surface area (TPSA) is 73.0 Å². The number of hydrogen-bond donors (Lipinski definition) is 1. The van der Waals surface area contributed by atoms with Gasteiger partial charge in [-0.25, -0.2) is 26.6 Å². The van der Waals surface area contributed by atoms with E-state index in [-0.39, 0.29) is 0 Å². The van der Waals surface area contributed by atoms with Crippen LogP contribution in [0, 0.1) is 5.82 Å². The molecule has 9 heteroatoms. The third-order valence-corrected chi connectivity index (χ3v) is 2.89. The molecule has 0 bridgehead atoms. The lowest BCUT2D eigenvalue weighted by Gasteiger charge is -2.08. The van der Waals surface area contributed by atoms with E-state index in [2.05, 4.69) is 4.98 Å². The first-order valence-electron chi connectivity index (χ1n) is 3.42. The molecule has 0 saturated heterocycles. The van der Waals surface area contributed by atoms with Crippen molar-refractivity contribution >= 4 is 25.6 Å². The number of nitrogens with two attached hydrogens (primary N) is 1. The summed E-state index contributed by atoms with van der Waals surface area (Å²) in [5, 5.41) is 0. The van der Waals surface area contributed by atoms with Gasteiger partial charge >= 0.3 is 0 Å². The van der Waals surface area contributed by atoms with Crippen molar-refractivity contribution < 1.29 is 21.6 Å². The fraction of sp³-hybridized carbons (Fsp3) is 0.167. The van der Waals surface area contributed by atoms with Crippen LogP contribution in [0.5, 0.6) is 0 Å². The van der Waals surface area contributed by atoms with E-state index < -0.39 is 37.6 Å². The third kappa shape index (κ3) is 2.32. The molecule has 2 N–H and O–H groups in total. The van der Waals surface area contributed by atoms with Crippen molar-refractivity contribution in [2.24, 2.45) is 0 Å². The van der Waals surface area contributed by atoms with E-state index in [1.165, 1.54) is 0 Å². The van der Waals surface area contributed by atoms with E-state index in [9.17, 15) is 21.6 Å². The van der Waals surface area contributed by atoms with Gasteiger partial charge < -0.3 is 5.73 Å². The monoisotopic (exact) mass is 260 g/mol. The smallest absolute Gasteiger partial charge is 0.268 e. The predicted octanol–water partition coefficient (Wildman–Crippen LogP) is 1.67. The SMILES string of the molecule is Nc1ncc(F)c(C(F)F)c1S(=O)(=O)Cl. The van der Waals surface area contributed by atoms with E-state index >= 15 is 0 Å². The van der Waals surface area contributed by atoms with Crippen LogP contribution in [-0.4, -0.2) is 13.4 Å². The average Bonchev–Trinajstić information content (AvgIpc) is 2.05. The molecule has 0 radical (unpaired) electrons. The maximum Gasteiger partial charge on any atom is 0.268 e. The Hall–Kier alpha value is -1.02. The van der Waals surface area contributed by atoms with E-state index in [0.717, 1.165) is 0 Å². The maximum atomic E-state index is 12.9. The minimum atomic E-state index is -4.57. The normalized spacial score (nSPS) is 12.1. The van der Waals surface area contributed by atoms with Crippen LogP contribution in [0.2, 0.25) is 0 Å². The van der Waals surface area contributed by atoms with Gasteiger partial charge in [-0.1, -0.05) is 0 Å². The molecule has 1 heterocycles. The van der Waals surface area contributed by atoms with E-state index in [0.29, 0.717) is 6.20 Å². The van der Waals surface area contributed by atoms with Crippen LogP contribution in [0.15, 0.2) is 11.1 Å². The largest absolute Gasteiger partial charge is 0.383 e. The summed E-state index contributed by atoms with van der Waals surface area (Å²) in [6.07, 6.45) is -2.94. The van der Waals surface area contributed by atoms with Crippen LogP contribution in [-0.2, 0) is 9.05 Å². The second-order valence-corrected chi connectivity index (χ2v) is 4.98. The summed E-state index contributed by atoms with van der Waals surface area (Å²) < 4.78 is 59.3. The van der Waals surface area contributed by atoms with Crippen molar-refractivity contribution in [3.8, 4) is 0 Å². The zero-order chi connectivity index (χ0) is 11.8. The molecular formula is C6H4ClF3N2O2S. The summed E-state index contributed by atoms with van der Waals surface area (Å²) in [5.74, 6) is -2.24. The number of halogens is 4. The number of nitrogen functional groups attached to an aromatic ring is 1. The molecule has 4 nitrogen and oxygen atoms in total. The summed E-state index contributed by atoms with van der Waals surface area (Å²) in [6, 6.07) is 0. The van der Waals surface area contributed by atoms with Crippen LogP contribution in [0.4, 0.5) is 19.0 Å². The molecule has 0 saturated carbocycles. The fourth-order valence-corrected chi connectivity index (χ4v) is 2.20. The second-order valence-electron chi connectivity index (χ2n) is 2.47. The first-order valence-corrected chi connectivity index (χ1v) is 5.72. The quantitative estimate of drug-likeness (QED) is 0.821. The van der Waals surface area contributed by atoms with Crippen molar-refractivity contribution in [1.82, 2.24) is 4.98 Å². The van der Waals surface area contributed by atoms with Crippen LogP contribution in [0.1, 0.15) is 12.0 Å². The molecule has 0 fully saturated rings. The van der Waals surface area contributed by atoms with Gasteiger partial charge in [0.25, 0.3) is 15.5 Å². The van der Waals surface area contributed by atoms with E-state index in [4.69, 9.17) is 16.4 Å². The molecule has 0 aliphatic carbocycles. The number of aromatic nitrogens is 1. The van der Waals surface area contributed by atoms with Gasteiger partial charge in [-0.3, -0.25) is 0 Å². The molecule has 1 aromatic rings. The van der Waals surface area contributed by atoms with Gasteiger partial charge in [0.2, 0.25) is 0 Å². The van der Waals surface area contributed by atoms with Crippen LogP contribution >= 0.6 is 10.7 Å². The molecule has 1 aromatic heterocycles. The van der Waals surface area contributed by atoms with Gasteiger partial charge in [0, 0.05) is 10.7 Å². The van der Waals surface area contributed by atoms with E-state index in [1.807, 2.05) is 0 Å². The lowest BCUT2D eigenvalue weighted by atomic mass is 10.2. The highest BCUT2D eigenvalue weighted by molar-refractivity contribution is 8.13. The third-order valence-electron chi connectivity index (χ3n) is 1.51. The Bertz CT molecular complexity index is 491. The number of rotatable bonds is 2. The molecule has 0 aromatic carbocycles. The van der Waals surface area contributed by atoms with Gasteiger partial charge in [-0.05, 0) is 0 Å². The zero-order valence-electron chi connectivity index (χ0n) is 6.92. The molecule has 84 valence electrons. The van der Waals surface area contributed by atoms with Crippen LogP contribution in [0.25, 0.3) is 0 Å². The van der Waals surface area contributed by atoms with Gasteiger partial charge in [-0.2, -0.15) is 0 Å². The van der Waals surface area contributed by atoms with Crippen molar-refractivity contribution in [3.05, 3.63) is 17.6 Å². The number of anilines is 1. The van der Waals surface area contributed by atoms with Crippen molar-refractivity contribution in [2.75, 3.05) is 5.73 Å². The van der Waals surface area contributed by atoms with E-state index in [1.54, 1.807) is 0 Å². The van der Waals surface area contributed by atoms with Crippen molar-refractivity contribution in [3.63, 3.8) is 0 Å². The van der Waals surface area contributed by atoms with Crippen LogP contribution in [0.3, 0.4) is 0 Å². The lowest BCUT2D eigenvalue weighted by molar-refractivity contribution is 0.142. The Morgan fingerprint density at radius 3 is 2.33 bits per heavy atom. The Morgan fingerprint density at radius 2 is 2.00 bits per heavy atom. The predicted molar refractivity (Wildman–Crippen MR) is 46.6 cm³/mol. The molecule has 0 unspecified atom stereocenters. The van der Waals surface area contributed by atoms with Gasteiger partial charge in [0.05, 0.1) is 11.8 Å². The summed E-state index contributed by atoms with van der Waals surface area (Å²) in [4.78, 5) is 1.91. The highest BCUT2D eigenvalue weighted by Gasteiger charge is 2.29. The summed E-state index contributed by atoms with van der Waals surface area (Å²) >= 11 is 0. The molecular weight excluding hydrogens is 257 g/mol. The fourth-order valence-electron chi connectivity index (χ4n) is 0.960. The Balaban J connectivity index is 3.68. The average molecular weight is 261 g/mol. The molecule has 0 aliphatic rings. The molecule has 0 amide bonds. The highest BCUT2D eigenvalue weighted by Crippen LogP contribution is 2.33. The number of nitrogens with zero attached hydrogens (tertiary/aromatic N) is 1. The molecule has 0 aliphatic heterocycles. The molecule has 0 spiro atoms. The van der Waals surface area contributed by atoms with Crippen LogP contribution < -0.4 is 5.73 Å². The Morgan fingerprint density at radius 1 is 1.47 bits per heavy atom. The minimum absolute atomic E-state index is 0.405. The number of pyridine rings is 1. The minimum Gasteiger partial charge on any atom is -0.383 e. The summed E-state index contributed by atoms with van der Waals surface area (Å²) in [5.41, 5.74) is 3.68. The Labute approximate surface area is 87.3 Å². The second kappa shape index (κ2) is 3.86.